The Balaban J connectivity index is 1.74. The van der Waals surface area contributed by atoms with Crippen molar-refractivity contribution in [3.8, 4) is 0 Å². The van der Waals surface area contributed by atoms with Crippen molar-refractivity contribution >= 4 is 16.9 Å². The Bertz CT molecular complexity index is 959. The zero-order valence-corrected chi connectivity index (χ0v) is 15.5. The van der Waals surface area contributed by atoms with Crippen molar-refractivity contribution in [2.24, 2.45) is 0 Å². The van der Waals surface area contributed by atoms with E-state index in [0.717, 1.165) is 18.6 Å². The van der Waals surface area contributed by atoms with E-state index in [1.54, 1.807) is 0 Å². The van der Waals surface area contributed by atoms with Crippen LogP contribution in [0.5, 0.6) is 0 Å². The fourth-order valence-electron chi connectivity index (χ4n) is 3.93. The fourth-order valence-corrected chi connectivity index (χ4v) is 3.93. The molecule has 1 aromatic heterocycles. The third-order valence-electron chi connectivity index (χ3n) is 5.51. The number of H-pyrrole nitrogens is 1. The first-order chi connectivity index (χ1) is 12.6. The standard InChI is InChI=1S/C22H24N2O2/c1-14-9-17-18-11-21(22(25)26-3)24(12-16-7-5-4-6-8-16)13-20(18)23-19(17)10-15(14)2/h4-10,21,23H,11-13H2,1-3H3. The van der Waals surface area contributed by atoms with Crippen LogP contribution in [0.25, 0.3) is 10.9 Å². The second kappa shape index (κ2) is 6.61. The van der Waals surface area contributed by atoms with Crippen molar-refractivity contribution in [1.82, 2.24) is 9.88 Å². The summed E-state index contributed by atoms with van der Waals surface area (Å²) in [5.41, 5.74) is 7.38. The third kappa shape index (κ3) is 2.90. The minimum absolute atomic E-state index is 0.162. The maximum absolute atomic E-state index is 12.5. The molecule has 0 saturated heterocycles. The Kier molecular flexibility index (Phi) is 4.29. The molecule has 0 fully saturated rings. The van der Waals surface area contributed by atoms with Crippen molar-refractivity contribution in [2.45, 2.75) is 39.4 Å². The molecule has 3 aromatic rings. The first-order valence-electron chi connectivity index (χ1n) is 9.03. The summed E-state index contributed by atoms with van der Waals surface area (Å²) in [5, 5.41) is 1.23. The number of methoxy groups -OCH3 is 1. The van der Waals surface area contributed by atoms with Gasteiger partial charge in [-0.25, -0.2) is 0 Å². The van der Waals surface area contributed by atoms with Crippen LogP contribution in [0.4, 0.5) is 0 Å². The number of aromatic nitrogens is 1. The van der Waals surface area contributed by atoms with Crippen LogP contribution in [0.1, 0.15) is 27.9 Å². The average molecular weight is 348 g/mol. The van der Waals surface area contributed by atoms with Gasteiger partial charge in [-0.05, 0) is 48.2 Å². The Hall–Kier alpha value is -2.59. The summed E-state index contributed by atoms with van der Waals surface area (Å²) in [7, 11) is 1.47. The van der Waals surface area contributed by atoms with E-state index >= 15 is 0 Å². The molecule has 26 heavy (non-hydrogen) atoms. The number of ether oxygens (including phenoxy) is 1. The molecule has 0 spiro atoms. The lowest BCUT2D eigenvalue weighted by molar-refractivity contribution is -0.148. The molecule has 0 radical (unpaired) electrons. The molecule has 4 rings (SSSR count). The van der Waals surface area contributed by atoms with Crippen LogP contribution in [-0.4, -0.2) is 29.0 Å². The van der Waals surface area contributed by atoms with Crippen LogP contribution >= 0.6 is 0 Å². The third-order valence-corrected chi connectivity index (χ3v) is 5.51. The maximum atomic E-state index is 12.5. The summed E-state index contributed by atoms with van der Waals surface area (Å²) in [4.78, 5) is 18.3. The van der Waals surface area contributed by atoms with E-state index in [1.807, 2.05) is 18.2 Å². The molecular weight excluding hydrogens is 324 g/mol. The van der Waals surface area contributed by atoms with Crippen molar-refractivity contribution in [3.63, 3.8) is 0 Å². The lowest BCUT2D eigenvalue weighted by atomic mass is 9.95. The van der Waals surface area contributed by atoms with Gasteiger partial charge in [0.2, 0.25) is 0 Å². The van der Waals surface area contributed by atoms with E-state index in [-0.39, 0.29) is 12.0 Å². The molecule has 1 aliphatic heterocycles. The predicted octanol–water partition coefficient (Wildman–Crippen LogP) is 3.88. The number of nitrogens with zero attached hydrogens (tertiary/aromatic N) is 1. The monoisotopic (exact) mass is 348 g/mol. The van der Waals surface area contributed by atoms with Crippen LogP contribution in [0.15, 0.2) is 42.5 Å². The molecule has 0 aliphatic carbocycles. The quantitative estimate of drug-likeness (QED) is 0.731. The fraction of sp³-hybridized carbons (Fsp3) is 0.318. The van der Waals surface area contributed by atoms with Crippen molar-refractivity contribution < 1.29 is 9.53 Å². The van der Waals surface area contributed by atoms with Gasteiger partial charge in [-0.3, -0.25) is 9.69 Å². The number of rotatable bonds is 3. The van der Waals surface area contributed by atoms with Gasteiger partial charge in [0.1, 0.15) is 6.04 Å². The van der Waals surface area contributed by atoms with Gasteiger partial charge in [-0.15, -0.1) is 0 Å². The van der Waals surface area contributed by atoms with Gasteiger partial charge in [0.15, 0.2) is 0 Å². The van der Waals surface area contributed by atoms with E-state index in [1.165, 1.54) is 40.4 Å². The molecule has 4 heteroatoms. The summed E-state index contributed by atoms with van der Waals surface area (Å²) in [6.07, 6.45) is 0.678. The Morgan fingerprint density at radius 2 is 1.92 bits per heavy atom. The molecule has 1 aliphatic rings. The zero-order valence-electron chi connectivity index (χ0n) is 15.5. The molecule has 0 saturated carbocycles. The molecule has 1 atom stereocenters. The molecule has 2 heterocycles. The number of aromatic amines is 1. The number of aryl methyl sites for hydroxylation is 2. The number of nitrogens with one attached hydrogen (secondary N) is 1. The number of carbonyl (C=O) groups is 1. The Morgan fingerprint density at radius 3 is 2.65 bits per heavy atom. The minimum atomic E-state index is -0.256. The summed E-state index contributed by atoms with van der Waals surface area (Å²) in [5.74, 6) is -0.162. The summed E-state index contributed by atoms with van der Waals surface area (Å²) < 4.78 is 5.11. The topological polar surface area (TPSA) is 45.3 Å². The summed E-state index contributed by atoms with van der Waals surface area (Å²) in [6.45, 7) is 5.72. The smallest absolute Gasteiger partial charge is 0.323 e. The van der Waals surface area contributed by atoms with Crippen LogP contribution < -0.4 is 0 Å². The van der Waals surface area contributed by atoms with Crippen LogP contribution in [0, 0.1) is 13.8 Å². The number of esters is 1. The van der Waals surface area contributed by atoms with E-state index < -0.39 is 0 Å². The minimum Gasteiger partial charge on any atom is -0.468 e. The van der Waals surface area contributed by atoms with Gasteiger partial charge in [-0.2, -0.15) is 0 Å². The van der Waals surface area contributed by atoms with Gasteiger partial charge >= 0.3 is 5.97 Å². The normalized spacial score (nSPS) is 17.3. The molecule has 2 aromatic carbocycles. The molecule has 1 N–H and O–H groups in total. The van der Waals surface area contributed by atoms with Crippen LogP contribution in [-0.2, 0) is 29.0 Å². The molecule has 134 valence electrons. The van der Waals surface area contributed by atoms with E-state index in [0.29, 0.717) is 6.42 Å². The van der Waals surface area contributed by atoms with Crippen molar-refractivity contribution in [1.29, 1.82) is 0 Å². The highest BCUT2D eigenvalue weighted by Crippen LogP contribution is 2.33. The average Bonchev–Trinajstić information content (AvgIpc) is 2.98. The lowest BCUT2D eigenvalue weighted by Gasteiger charge is -2.33. The predicted molar refractivity (Wildman–Crippen MR) is 103 cm³/mol. The van der Waals surface area contributed by atoms with Crippen LogP contribution in [0.3, 0.4) is 0 Å². The summed E-state index contributed by atoms with van der Waals surface area (Å²) >= 11 is 0. The number of hydrogen-bond donors (Lipinski definition) is 1. The second-order valence-corrected chi connectivity index (χ2v) is 7.20. The highest BCUT2D eigenvalue weighted by atomic mass is 16.5. The zero-order chi connectivity index (χ0) is 18.3. The number of hydrogen-bond acceptors (Lipinski definition) is 3. The first kappa shape index (κ1) is 16.9. The number of carbonyl (C=O) groups excluding carboxylic acids is 1. The number of fused-ring (bicyclic) bond motifs is 3. The SMILES string of the molecule is COC(=O)C1Cc2c([nH]c3cc(C)c(C)cc23)CN1Cc1ccccc1. The lowest BCUT2D eigenvalue weighted by Crippen LogP contribution is -2.45. The Morgan fingerprint density at radius 1 is 1.19 bits per heavy atom. The van der Waals surface area contributed by atoms with Gasteiger partial charge in [-0.1, -0.05) is 30.3 Å². The molecule has 1 unspecified atom stereocenters. The van der Waals surface area contributed by atoms with Gasteiger partial charge in [0.25, 0.3) is 0 Å². The van der Waals surface area contributed by atoms with E-state index in [9.17, 15) is 4.79 Å². The van der Waals surface area contributed by atoms with Crippen molar-refractivity contribution in [2.75, 3.05) is 7.11 Å². The summed E-state index contributed by atoms with van der Waals surface area (Å²) in [6, 6.07) is 14.5. The van der Waals surface area contributed by atoms with E-state index in [4.69, 9.17) is 4.74 Å². The Labute approximate surface area is 153 Å². The van der Waals surface area contributed by atoms with E-state index in [2.05, 4.69) is 48.0 Å². The van der Waals surface area contributed by atoms with Crippen molar-refractivity contribution in [3.05, 3.63) is 70.4 Å². The first-order valence-corrected chi connectivity index (χ1v) is 9.03. The highest BCUT2D eigenvalue weighted by Gasteiger charge is 2.34. The van der Waals surface area contributed by atoms with Gasteiger partial charge in [0, 0.05) is 36.1 Å². The molecule has 0 bridgehead atoms. The second-order valence-electron chi connectivity index (χ2n) is 7.20. The highest BCUT2D eigenvalue weighted by molar-refractivity contribution is 5.88. The van der Waals surface area contributed by atoms with Gasteiger partial charge < -0.3 is 9.72 Å². The molecule has 4 nitrogen and oxygen atoms in total. The molecule has 0 amide bonds. The largest absolute Gasteiger partial charge is 0.468 e. The molecular formula is C22H24N2O2. The van der Waals surface area contributed by atoms with Crippen LogP contribution in [0.2, 0.25) is 0 Å². The van der Waals surface area contributed by atoms with Gasteiger partial charge in [0.05, 0.1) is 7.11 Å². The number of benzene rings is 2. The maximum Gasteiger partial charge on any atom is 0.323 e.